The summed E-state index contributed by atoms with van der Waals surface area (Å²) < 4.78 is 25.8. The predicted molar refractivity (Wildman–Crippen MR) is 134 cm³/mol. The minimum atomic E-state index is -0.824. The second-order valence-corrected chi connectivity index (χ2v) is 8.79. The Labute approximate surface area is 207 Å². The van der Waals surface area contributed by atoms with Crippen molar-refractivity contribution in [2.24, 2.45) is 0 Å². The number of methoxy groups -OCH3 is 2. The van der Waals surface area contributed by atoms with Crippen LogP contribution in [-0.4, -0.2) is 69.1 Å². The molecule has 1 aliphatic rings. The number of likely N-dealkylation sites (N-methyl/N-ethyl adjacent to an activating group) is 1. The summed E-state index contributed by atoms with van der Waals surface area (Å²) in [5, 5.41) is 3.05. The van der Waals surface area contributed by atoms with Crippen LogP contribution in [0, 0.1) is 5.82 Å². The van der Waals surface area contributed by atoms with Crippen molar-refractivity contribution in [3.8, 4) is 11.5 Å². The van der Waals surface area contributed by atoms with Crippen LogP contribution >= 0.6 is 0 Å². The third-order valence-corrected chi connectivity index (χ3v) is 6.49. The summed E-state index contributed by atoms with van der Waals surface area (Å²) in [6, 6.07) is 8.73. The fraction of sp³-hybridized carbons (Fsp3) is 0.481. The normalized spacial score (nSPS) is 17.3. The summed E-state index contributed by atoms with van der Waals surface area (Å²) in [5.74, 6) is -1.06. The van der Waals surface area contributed by atoms with Crippen molar-refractivity contribution < 1.29 is 23.5 Å². The molecule has 0 saturated heterocycles. The van der Waals surface area contributed by atoms with Gasteiger partial charge in [0.2, 0.25) is 5.91 Å². The first-order valence-corrected chi connectivity index (χ1v) is 12.1. The highest BCUT2D eigenvalue weighted by molar-refractivity contribution is 6.02. The number of ether oxygens (including phenoxy) is 2. The molecular weight excluding hydrogens is 449 g/mol. The number of carbonyl (C=O) groups excluding carboxylic acids is 2. The molecule has 2 atom stereocenters. The highest BCUT2D eigenvalue weighted by atomic mass is 19.1. The van der Waals surface area contributed by atoms with Crippen molar-refractivity contribution in [3.63, 3.8) is 0 Å². The first-order valence-electron chi connectivity index (χ1n) is 12.1. The fourth-order valence-electron chi connectivity index (χ4n) is 4.85. The maximum atomic E-state index is 15.0. The zero-order valence-corrected chi connectivity index (χ0v) is 21.3. The number of nitrogens with zero attached hydrogens (tertiary/aromatic N) is 2. The van der Waals surface area contributed by atoms with Crippen LogP contribution in [0.2, 0.25) is 0 Å². The number of hydrogen-bond donors (Lipinski definition) is 1. The van der Waals surface area contributed by atoms with Gasteiger partial charge in [-0.15, -0.1) is 0 Å². The van der Waals surface area contributed by atoms with E-state index in [2.05, 4.69) is 24.1 Å². The van der Waals surface area contributed by atoms with Crippen LogP contribution in [0.1, 0.15) is 60.1 Å². The zero-order valence-electron chi connectivity index (χ0n) is 21.3. The first-order chi connectivity index (χ1) is 16.9. The van der Waals surface area contributed by atoms with E-state index in [1.165, 1.54) is 25.2 Å². The van der Waals surface area contributed by atoms with Gasteiger partial charge >= 0.3 is 0 Å². The van der Waals surface area contributed by atoms with E-state index in [0.717, 1.165) is 32.5 Å². The van der Waals surface area contributed by atoms with Crippen molar-refractivity contribution in [1.29, 1.82) is 0 Å². The molecule has 0 aromatic heterocycles. The van der Waals surface area contributed by atoms with E-state index < -0.39 is 17.8 Å². The van der Waals surface area contributed by atoms with Crippen LogP contribution in [0.4, 0.5) is 4.39 Å². The van der Waals surface area contributed by atoms with Crippen molar-refractivity contribution in [3.05, 3.63) is 58.9 Å². The third-order valence-electron chi connectivity index (χ3n) is 6.49. The van der Waals surface area contributed by atoms with Gasteiger partial charge in [-0.1, -0.05) is 32.0 Å². The summed E-state index contributed by atoms with van der Waals surface area (Å²) in [6.07, 6.45) is 2.07. The van der Waals surface area contributed by atoms with E-state index in [4.69, 9.17) is 9.47 Å². The lowest BCUT2D eigenvalue weighted by atomic mass is 9.79. The summed E-state index contributed by atoms with van der Waals surface area (Å²) in [6.45, 7) is 7.36. The van der Waals surface area contributed by atoms with Crippen LogP contribution in [0.15, 0.2) is 36.4 Å². The molecular formula is C27H36FN3O4. The molecule has 8 heteroatoms. The van der Waals surface area contributed by atoms with E-state index >= 15 is 0 Å². The molecule has 7 nitrogen and oxygen atoms in total. The van der Waals surface area contributed by atoms with Gasteiger partial charge in [0.05, 0.1) is 26.2 Å². The largest absolute Gasteiger partial charge is 0.493 e. The topological polar surface area (TPSA) is 71.1 Å². The van der Waals surface area contributed by atoms with Crippen LogP contribution in [-0.2, 0) is 4.79 Å². The number of carbonyl (C=O) groups is 2. The summed E-state index contributed by atoms with van der Waals surface area (Å²) in [7, 11) is 4.59. The summed E-state index contributed by atoms with van der Waals surface area (Å²) in [5.41, 5.74) is 1.13. The molecule has 0 unspecified atom stereocenters. The quantitative estimate of drug-likeness (QED) is 0.521. The lowest BCUT2D eigenvalue weighted by Gasteiger charge is -2.40. The molecule has 1 heterocycles. The molecule has 3 rings (SSSR count). The van der Waals surface area contributed by atoms with Gasteiger partial charge < -0.3 is 24.6 Å². The van der Waals surface area contributed by atoms with Crippen molar-refractivity contribution >= 4 is 11.8 Å². The second kappa shape index (κ2) is 12.0. The Kier molecular flexibility index (Phi) is 9.09. The third kappa shape index (κ3) is 5.59. The molecule has 0 radical (unpaired) electrons. The molecule has 2 amide bonds. The number of hydrogen-bond acceptors (Lipinski definition) is 5. The highest BCUT2D eigenvalue weighted by Crippen LogP contribution is 2.46. The van der Waals surface area contributed by atoms with Crippen molar-refractivity contribution in [1.82, 2.24) is 15.1 Å². The average Bonchev–Trinajstić information content (AvgIpc) is 2.86. The van der Waals surface area contributed by atoms with Gasteiger partial charge in [-0.25, -0.2) is 4.39 Å². The molecule has 0 spiro atoms. The van der Waals surface area contributed by atoms with Crippen LogP contribution in [0.25, 0.3) is 0 Å². The lowest BCUT2D eigenvalue weighted by Crippen LogP contribution is -2.47. The predicted octanol–water partition coefficient (Wildman–Crippen LogP) is 3.99. The molecule has 2 aromatic carbocycles. The summed E-state index contributed by atoms with van der Waals surface area (Å²) >= 11 is 0. The lowest BCUT2D eigenvalue weighted by molar-refractivity contribution is -0.124. The molecule has 35 heavy (non-hydrogen) atoms. The van der Waals surface area contributed by atoms with E-state index in [1.807, 2.05) is 0 Å². The van der Waals surface area contributed by atoms with Crippen LogP contribution < -0.4 is 14.8 Å². The van der Waals surface area contributed by atoms with Gasteiger partial charge in [-0.3, -0.25) is 9.59 Å². The van der Waals surface area contributed by atoms with Gasteiger partial charge in [0.1, 0.15) is 5.82 Å². The number of nitrogens with one attached hydrogen (secondary N) is 1. The molecule has 190 valence electrons. The van der Waals surface area contributed by atoms with Crippen LogP contribution in [0.3, 0.4) is 0 Å². The second-order valence-electron chi connectivity index (χ2n) is 8.79. The Bertz CT molecular complexity index is 1040. The molecule has 2 aromatic rings. The molecule has 1 aliphatic heterocycles. The smallest absolute Gasteiger partial charge is 0.254 e. The van der Waals surface area contributed by atoms with Gasteiger partial charge in [0.25, 0.3) is 5.91 Å². The van der Waals surface area contributed by atoms with Crippen molar-refractivity contribution in [2.75, 3.05) is 47.4 Å². The first kappa shape index (κ1) is 26.5. The van der Waals surface area contributed by atoms with E-state index in [0.29, 0.717) is 34.7 Å². The Hall–Kier alpha value is -3.13. The van der Waals surface area contributed by atoms with E-state index in [9.17, 15) is 14.0 Å². The molecule has 0 saturated carbocycles. The van der Waals surface area contributed by atoms with Crippen molar-refractivity contribution in [2.45, 2.75) is 38.6 Å². The van der Waals surface area contributed by atoms with Gasteiger partial charge in [-0.05, 0) is 49.7 Å². The highest BCUT2D eigenvalue weighted by Gasteiger charge is 2.44. The molecule has 0 fully saturated rings. The SMILES string of the molecule is CCCN(CCC)CCNC(=O)[C@@H]1c2cc(OC)c(OC)cc2C(=O)N(C)[C@@H]1c1ccccc1F. The van der Waals surface area contributed by atoms with Gasteiger partial charge in [0.15, 0.2) is 11.5 Å². The van der Waals surface area contributed by atoms with E-state index in [1.54, 1.807) is 37.4 Å². The fourth-order valence-corrected chi connectivity index (χ4v) is 4.85. The maximum Gasteiger partial charge on any atom is 0.254 e. The molecule has 0 aliphatic carbocycles. The molecule has 1 N–H and O–H groups in total. The van der Waals surface area contributed by atoms with Gasteiger partial charge in [0, 0.05) is 31.3 Å². The van der Waals surface area contributed by atoms with Crippen LogP contribution in [0.5, 0.6) is 11.5 Å². The summed E-state index contributed by atoms with van der Waals surface area (Å²) in [4.78, 5) is 30.8. The van der Waals surface area contributed by atoms with Gasteiger partial charge in [-0.2, -0.15) is 0 Å². The zero-order chi connectivity index (χ0) is 25.5. The number of rotatable bonds is 11. The Morgan fingerprint density at radius 3 is 2.26 bits per heavy atom. The maximum absolute atomic E-state index is 15.0. The number of fused-ring (bicyclic) bond motifs is 1. The number of benzene rings is 2. The Morgan fingerprint density at radius 2 is 1.66 bits per heavy atom. The monoisotopic (exact) mass is 485 g/mol. The Balaban J connectivity index is 2.02. The minimum absolute atomic E-state index is 0.265. The van der Waals surface area contributed by atoms with E-state index in [-0.39, 0.29) is 11.8 Å². The number of amides is 2. The number of halogens is 1. The Morgan fingerprint density at radius 1 is 1.03 bits per heavy atom. The average molecular weight is 486 g/mol. The minimum Gasteiger partial charge on any atom is -0.493 e. The molecule has 0 bridgehead atoms. The standard InChI is InChI=1S/C27H36FN3O4/c1-6-13-31(14-7-2)15-12-29-26(32)24-19-16-22(34-4)23(35-5)17-20(19)27(33)30(3)25(24)18-10-8-9-11-21(18)28/h8-11,16-17,24-25H,6-7,12-15H2,1-5H3,(H,29,32)/t24-,25-/m1/s1.